The van der Waals surface area contributed by atoms with Gasteiger partial charge in [-0.1, -0.05) is 41.9 Å². The number of halogens is 4. The number of alkyl halides is 3. The van der Waals surface area contributed by atoms with Crippen molar-refractivity contribution < 1.29 is 31.2 Å². The maximum absolute atomic E-state index is 13.4. The lowest BCUT2D eigenvalue weighted by Crippen LogP contribution is -2.34. The van der Waals surface area contributed by atoms with Gasteiger partial charge < -0.3 is 4.84 Å². The third-order valence-electron chi connectivity index (χ3n) is 4.68. The van der Waals surface area contributed by atoms with Crippen molar-refractivity contribution in [1.29, 1.82) is 0 Å². The Hall–Kier alpha value is -2.54. The summed E-state index contributed by atoms with van der Waals surface area (Å²) in [6, 6.07) is 12.2. The molecule has 32 heavy (non-hydrogen) atoms. The van der Waals surface area contributed by atoms with Crippen LogP contribution in [-0.2, 0) is 14.9 Å². The molecule has 1 aliphatic rings. The molecule has 1 fully saturated rings. The lowest BCUT2D eigenvalue weighted by molar-refractivity contribution is -0.131. The summed E-state index contributed by atoms with van der Waals surface area (Å²) in [6.45, 7) is -0.825. The quantitative estimate of drug-likeness (QED) is 0.495. The highest BCUT2D eigenvalue weighted by molar-refractivity contribution is 7.93. The van der Waals surface area contributed by atoms with Gasteiger partial charge in [0.25, 0.3) is 10.0 Å². The molecule has 0 aliphatic carbocycles. The second-order valence-electron chi connectivity index (χ2n) is 6.81. The van der Waals surface area contributed by atoms with Gasteiger partial charge in [0.15, 0.2) is 0 Å². The Kier molecular flexibility index (Phi) is 5.96. The van der Waals surface area contributed by atoms with E-state index in [1.54, 1.807) is 24.3 Å². The molecule has 1 aromatic heterocycles. The van der Waals surface area contributed by atoms with Crippen LogP contribution in [0.25, 0.3) is 10.1 Å². The molecule has 1 aliphatic heterocycles. The van der Waals surface area contributed by atoms with E-state index < -0.39 is 41.4 Å². The maximum atomic E-state index is 13.4. The molecule has 1 unspecified atom stereocenters. The van der Waals surface area contributed by atoms with Crippen molar-refractivity contribution in [3.8, 4) is 0 Å². The smallest absolute Gasteiger partial charge is 0.351 e. The summed E-state index contributed by atoms with van der Waals surface area (Å²) in [5, 5.41) is 3.10. The number of carbonyl (C=O) groups is 1. The largest absolute Gasteiger partial charge is 0.427 e. The van der Waals surface area contributed by atoms with Crippen LogP contribution in [0.3, 0.4) is 0 Å². The standard InChI is InChI=1S/C19H15ClF3N3O4S2/c20-15-13-3-1-2-4-14(13)31-17(15)26(10-9-19(21,22)23)32(28,29)12-7-5-11(6-8-12)16-24-18(27)30-25-16/h1-8,16,25H,9-10H2,(H,24,27). The van der Waals surface area contributed by atoms with Gasteiger partial charge in [-0.3, -0.25) is 9.62 Å². The van der Waals surface area contributed by atoms with Gasteiger partial charge in [-0.25, -0.2) is 13.2 Å². The Bertz CT molecular complexity index is 1260. The fourth-order valence-electron chi connectivity index (χ4n) is 3.12. The lowest BCUT2D eigenvalue weighted by atomic mass is 10.2. The molecule has 1 saturated heterocycles. The Labute approximate surface area is 189 Å². The predicted molar refractivity (Wildman–Crippen MR) is 114 cm³/mol. The first kappa shape index (κ1) is 22.6. The van der Waals surface area contributed by atoms with Crippen LogP contribution in [0.1, 0.15) is 18.2 Å². The Morgan fingerprint density at radius 1 is 1.12 bits per heavy atom. The number of hydrogen-bond acceptors (Lipinski definition) is 6. The number of nitrogens with one attached hydrogen (secondary N) is 2. The van der Waals surface area contributed by atoms with Crippen molar-refractivity contribution in [3.05, 3.63) is 59.1 Å². The van der Waals surface area contributed by atoms with Crippen LogP contribution in [0.15, 0.2) is 53.4 Å². The molecule has 2 N–H and O–H groups in total. The summed E-state index contributed by atoms with van der Waals surface area (Å²) in [5.74, 6) is 0. The first-order valence-electron chi connectivity index (χ1n) is 9.15. The minimum atomic E-state index is -4.56. The first-order valence-corrected chi connectivity index (χ1v) is 11.8. The summed E-state index contributed by atoms with van der Waals surface area (Å²) in [4.78, 5) is 15.5. The van der Waals surface area contributed by atoms with Gasteiger partial charge in [-0.05, 0) is 23.8 Å². The zero-order chi connectivity index (χ0) is 23.1. The number of sulfonamides is 1. The fraction of sp³-hybridized carbons (Fsp3) is 0.211. The van der Waals surface area contributed by atoms with Crippen molar-refractivity contribution in [2.75, 3.05) is 10.8 Å². The molecular formula is C19H15ClF3N3O4S2. The topological polar surface area (TPSA) is 87.7 Å². The molecule has 0 bridgehead atoms. The van der Waals surface area contributed by atoms with Crippen LogP contribution in [0.4, 0.5) is 23.0 Å². The van der Waals surface area contributed by atoms with Gasteiger partial charge in [0.05, 0.1) is 16.3 Å². The van der Waals surface area contributed by atoms with Crippen LogP contribution in [-0.4, -0.2) is 27.2 Å². The normalized spacial score (nSPS) is 16.8. The average molecular weight is 506 g/mol. The second kappa shape index (κ2) is 8.43. The number of rotatable bonds is 6. The summed E-state index contributed by atoms with van der Waals surface area (Å²) in [5.41, 5.74) is 2.92. The SMILES string of the molecule is O=C1NC(c2ccc(S(=O)(=O)N(CCC(F)(F)F)c3sc4ccccc4c3Cl)cc2)NO1. The molecule has 0 spiro atoms. The first-order chi connectivity index (χ1) is 15.1. The lowest BCUT2D eigenvalue weighted by Gasteiger charge is -2.24. The zero-order valence-electron chi connectivity index (χ0n) is 16.0. The van der Waals surface area contributed by atoms with Crippen molar-refractivity contribution in [2.24, 2.45) is 0 Å². The van der Waals surface area contributed by atoms with E-state index in [0.29, 0.717) is 20.0 Å². The van der Waals surface area contributed by atoms with Crippen LogP contribution in [0.2, 0.25) is 5.02 Å². The van der Waals surface area contributed by atoms with E-state index in [-0.39, 0.29) is 14.9 Å². The molecule has 13 heteroatoms. The van der Waals surface area contributed by atoms with E-state index in [9.17, 15) is 26.4 Å². The Morgan fingerprint density at radius 3 is 2.41 bits per heavy atom. The summed E-state index contributed by atoms with van der Waals surface area (Å²) < 4.78 is 67.0. The molecule has 1 amide bonds. The van der Waals surface area contributed by atoms with Crippen molar-refractivity contribution in [3.63, 3.8) is 0 Å². The van der Waals surface area contributed by atoms with Crippen LogP contribution in [0, 0.1) is 0 Å². The molecule has 2 heterocycles. The van der Waals surface area contributed by atoms with Gasteiger partial charge >= 0.3 is 12.3 Å². The van der Waals surface area contributed by atoms with Crippen LogP contribution in [0.5, 0.6) is 0 Å². The molecule has 0 radical (unpaired) electrons. The number of fused-ring (bicyclic) bond motifs is 1. The number of anilines is 1. The molecule has 4 rings (SSSR count). The van der Waals surface area contributed by atoms with E-state index in [2.05, 4.69) is 15.6 Å². The van der Waals surface area contributed by atoms with Crippen molar-refractivity contribution in [2.45, 2.75) is 23.7 Å². The van der Waals surface area contributed by atoms with Crippen LogP contribution < -0.4 is 15.1 Å². The third kappa shape index (κ3) is 4.49. The van der Waals surface area contributed by atoms with E-state index >= 15 is 0 Å². The zero-order valence-corrected chi connectivity index (χ0v) is 18.4. The molecular weight excluding hydrogens is 491 g/mol. The van der Waals surface area contributed by atoms with Gasteiger partial charge in [0, 0.05) is 16.6 Å². The molecule has 3 aromatic rings. The van der Waals surface area contributed by atoms with E-state index in [1.165, 1.54) is 24.3 Å². The number of amides is 1. The second-order valence-corrected chi connectivity index (χ2v) is 10.1. The van der Waals surface area contributed by atoms with Crippen molar-refractivity contribution >= 4 is 54.1 Å². The summed E-state index contributed by atoms with van der Waals surface area (Å²) in [6.07, 6.45) is -7.28. The molecule has 2 aromatic carbocycles. The Balaban J connectivity index is 1.72. The highest BCUT2D eigenvalue weighted by Crippen LogP contribution is 2.44. The highest BCUT2D eigenvalue weighted by Gasteiger charge is 2.35. The van der Waals surface area contributed by atoms with Crippen LogP contribution >= 0.6 is 22.9 Å². The van der Waals surface area contributed by atoms with E-state index in [4.69, 9.17) is 11.6 Å². The average Bonchev–Trinajstić information content (AvgIpc) is 3.31. The number of hydrogen-bond donors (Lipinski definition) is 2. The third-order valence-corrected chi connectivity index (χ3v) is 8.29. The van der Waals surface area contributed by atoms with Gasteiger partial charge in [-0.2, -0.15) is 13.2 Å². The fourth-order valence-corrected chi connectivity index (χ4v) is 6.42. The number of thiophene rings is 1. The van der Waals surface area contributed by atoms with E-state index in [0.717, 1.165) is 11.3 Å². The predicted octanol–water partition coefficient (Wildman–Crippen LogP) is 4.95. The number of benzene rings is 2. The van der Waals surface area contributed by atoms with E-state index in [1.807, 2.05) is 0 Å². The van der Waals surface area contributed by atoms with Gasteiger partial charge in [0.2, 0.25) is 0 Å². The summed E-state index contributed by atoms with van der Waals surface area (Å²) >= 11 is 7.38. The maximum Gasteiger partial charge on any atom is 0.427 e. The van der Waals surface area contributed by atoms with Gasteiger partial charge in [-0.15, -0.1) is 16.8 Å². The minimum Gasteiger partial charge on any atom is -0.351 e. The highest BCUT2D eigenvalue weighted by atomic mass is 35.5. The molecule has 0 saturated carbocycles. The number of nitrogens with zero attached hydrogens (tertiary/aromatic N) is 1. The summed E-state index contributed by atoms with van der Waals surface area (Å²) in [7, 11) is -4.38. The number of carbonyl (C=O) groups excluding carboxylic acids is 1. The molecule has 1 atom stereocenters. The molecule has 170 valence electrons. The monoisotopic (exact) mass is 505 g/mol. The van der Waals surface area contributed by atoms with Gasteiger partial charge in [0.1, 0.15) is 11.2 Å². The van der Waals surface area contributed by atoms with Crippen molar-refractivity contribution in [1.82, 2.24) is 10.8 Å². The Morgan fingerprint density at radius 2 is 1.81 bits per heavy atom. The molecule has 7 nitrogen and oxygen atoms in total. The number of hydroxylamine groups is 1. The minimum absolute atomic E-state index is 0.0133.